The van der Waals surface area contributed by atoms with Crippen LogP contribution in [0.15, 0.2) is 78.9 Å². The Morgan fingerprint density at radius 1 is 0.783 bits per heavy atom. The molecule has 23 heavy (non-hydrogen) atoms. The second-order valence-electron chi connectivity index (χ2n) is 5.25. The summed E-state index contributed by atoms with van der Waals surface area (Å²) in [4.78, 5) is 11.8. The molecule has 0 aliphatic heterocycles. The summed E-state index contributed by atoms with van der Waals surface area (Å²) in [5.41, 5.74) is 2.61. The molecule has 3 aromatic rings. The van der Waals surface area contributed by atoms with Gasteiger partial charge in [0.25, 0.3) is 0 Å². The van der Waals surface area contributed by atoms with E-state index >= 15 is 0 Å². The van der Waals surface area contributed by atoms with Gasteiger partial charge in [-0.3, -0.25) is 0 Å². The fourth-order valence-electron chi connectivity index (χ4n) is 2.71. The summed E-state index contributed by atoms with van der Waals surface area (Å²) >= 11 is 0. The van der Waals surface area contributed by atoms with Crippen LogP contribution in [-0.2, 0) is 0 Å². The van der Waals surface area contributed by atoms with E-state index in [4.69, 9.17) is 0 Å². The van der Waals surface area contributed by atoms with Gasteiger partial charge < -0.3 is 10.2 Å². The molecule has 2 N–H and O–H groups in total. The highest BCUT2D eigenvalue weighted by molar-refractivity contribution is 5.98. The maximum atomic E-state index is 11.8. The third-order valence-electron chi connectivity index (χ3n) is 3.81. The largest absolute Gasteiger partial charge is 0.478 e. The molecule has 1 atom stereocenters. The van der Waals surface area contributed by atoms with Crippen LogP contribution in [-0.4, -0.2) is 16.2 Å². The van der Waals surface area contributed by atoms with Gasteiger partial charge in [0, 0.05) is 5.56 Å². The van der Waals surface area contributed by atoms with Gasteiger partial charge >= 0.3 is 5.97 Å². The molecule has 0 bridgehead atoms. The molecule has 3 nitrogen and oxygen atoms in total. The number of hydrogen-bond acceptors (Lipinski definition) is 2. The molecule has 0 radical (unpaired) electrons. The van der Waals surface area contributed by atoms with Crippen LogP contribution in [0.2, 0.25) is 0 Å². The summed E-state index contributed by atoms with van der Waals surface area (Å²) in [6.45, 7) is 0. The van der Waals surface area contributed by atoms with Crippen molar-refractivity contribution in [2.24, 2.45) is 0 Å². The fraction of sp³-hybridized carbons (Fsp3) is 0.0500. The van der Waals surface area contributed by atoms with Gasteiger partial charge in [0.05, 0.1) is 5.56 Å². The van der Waals surface area contributed by atoms with Crippen molar-refractivity contribution in [3.05, 3.63) is 95.6 Å². The molecule has 3 rings (SSSR count). The summed E-state index contributed by atoms with van der Waals surface area (Å²) in [5, 5.41) is 20.3. The molecule has 0 saturated carbocycles. The van der Waals surface area contributed by atoms with Crippen molar-refractivity contribution in [3.8, 4) is 11.1 Å². The Morgan fingerprint density at radius 2 is 1.39 bits per heavy atom. The first kappa shape index (κ1) is 15.0. The van der Waals surface area contributed by atoms with Gasteiger partial charge in [-0.25, -0.2) is 4.79 Å². The average molecular weight is 304 g/mol. The van der Waals surface area contributed by atoms with Crippen LogP contribution in [0.5, 0.6) is 0 Å². The zero-order valence-electron chi connectivity index (χ0n) is 12.4. The van der Waals surface area contributed by atoms with Gasteiger partial charge in [-0.15, -0.1) is 0 Å². The molecule has 3 aromatic carbocycles. The van der Waals surface area contributed by atoms with Gasteiger partial charge in [0.1, 0.15) is 6.10 Å². The molecule has 0 aliphatic carbocycles. The Kier molecular flexibility index (Phi) is 4.22. The minimum atomic E-state index is -1.05. The van der Waals surface area contributed by atoms with E-state index in [0.29, 0.717) is 16.7 Å². The maximum absolute atomic E-state index is 11.8. The number of benzene rings is 3. The highest BCUT2D eigenvalue weighted by Crippen LogP contribution is 2.32. The van der Waals surface area contributed by atoms with E-state index in [1.54, 1.807) is 30.3 Å². The van der Waals surface area contributed by atoms with Crippen LogP contribution in [0.4, 0.5) is 0 Å². The highest BCUT2D eigenvalue weighted by Gasteiger charge is 2.22. The molecular formula is C20H16O3. The lowest BCUT2D eigenvalue weighted by atomic mass is 9.90. The number of hydrogen-bond donors (Lipinski definition) is 2. The lowest BCUT2D eigenvalue weighted by Gasteiger charge is -2.17. The summed E-state index contributed by atoms with van der Waals surface area (Å²) in [6, 6.07) is 23.6. The summed E-state index contributed by atoms with van der Waals surface area (Å²) in [6.07, 6.45) is -0.981. The van der Waals surface area contributed by atoms with Crippen molar-refractivity contribution in [2.45, 2.75) is 6.10 Å². The Hall–Kier alpha value is -2.91. The number of carboxylic acid groups (broad SMARTS) is 1. The topological polar surface area (TPSA) is 57.5 Å². The monoisotopic (exact) mass is 304 g/mol. The normalized spacial score (nSPS) is 11.9. The van der Waals surface area contributed by atoms with E-state index in [2.05, 4.69) is 0 Å². The van der Waals surface area contributed by atoms with Gasteiger partial charge in [0.15, 0.2) is 0 Å². The molecule has 0 spiro atoms. The van der Waals surface area contributed by atoms with Crippen LogP contribution in [0.1, 0.15) is 27.6 Å². The first-order chi connectivity index (χ1) is 11.2. The lowest BCUT2D eigenvalue weighted by Crippen LogP contribution is -2.10. The molecule has 0 amide bonds. The standard InChI is InChI=1S/C20H16O3/c21-19(15-10-5-2-6-11-15)17-13-7-12-16(18(17)20(22)23)14-8-3-1-4-9-14/h1-13,19,21H,(H,22,23). The average Bonchev–Trinajstić information content (AvgIpc) is 2.62. The molecule has 0 heterocycles. The van der Waals surface area contributed by atoms with Crippen LogP contribution in [0.3, 0.4) is 0 Å². The smallest absolute Gasteiger partial charge is 0.336 e. The van der Waals surface area contributed by atoms with Crippen LogP contribution in [0.25, 0.3) is 11.1 Å². The molecule has 114 valence electrons. The van der Waals surface area contributed by atoms with Gasteiger partial charge in [-0.1, -0.05) is 78.9 Å². The molecule has 0 aromatic heterocycles. The second kappa shape index (κ2) is 6.46. The Balaban J connectivity index is 2.17. The predicted octanol–water partition coefficient (Wildman–Crippen LogP) is 4.13. The van der Waals surface area contributed by atoms with E-state index in [1.165, 1.54) is 0 Å². The Morgan fingerprint density at radius 3 is 2.00 bits per heavy atom. The summed E-state index contributed by atoms with van der Waals surface area (Å²) in [5.74, 6) is -1.05. The maximum Gasteiger partial charge on any atom is 0.336 e. The van der Waals surface area contributed by atoms with E-state index in [-0.39, 0.29) is 5.56 Å². The molecular weight excluding hydrogens is 288 g/mol. The van der Waals surface area contributed by atoms with Gasteiger partial charge in [-0.2, -0.15) is 0 Å². The Labute approximate surface area is 134 Å². The molecule has 1 unspecified atom stereocenters. The number of rotatable bonds is 4. The van der Waals surface area contributed by atoms with Gasteiger partial charge in [-0.05, 0) is 16.7 Å². The molecule has 3 heteroatoms. The zero-order chi connectivity index (χ0) is 16.2. The van der Waals surface area contributed by atoms with E-state index in [9.17, 15) is 15.0 Å². The fourth-order valence-corrected chi connectivity index (χ4v) is 2.71. The van der Waals surface area contributed by atoms with E-state index < -0.39 is 12.1 Å². The molecule has 0 aliphatic rings. The summed E-state index contributed by atoms with van der Waals surface area (Å²) < 4.78 is 0. The quantitative estimate of drug-likeness (QED) is 0.762. The third-order valence-corrected chi connectivity index (χ3v) is 3.81. The third kappa shape index (κ3) is 3.00. The highest BCUT2D eigenvalue weighted by atomic mass is 16.4. The number of aliphatic hydroxyl groups excluding tert-OH is 1. The lowest BCUT2D eigenvalue weighted by molar-refractivity contribution is 0.0692. The van der Waals surface area contributed by atoms with Crippen molar-refractivity contribution in [1.29, 1.82) is 0 Å². The molecule has 0 saturated heterocycles. The number of aromatic carboxylic acids is 1. The van der Waals surface area contributed by atoms with Gasteiger partial charge in [0.2, 0.25) is 0 Å². The Bertz CT molecular complexity index is 811. The SMILES string of the molecule is O=C(O)c1c(-c2ccccc2)cccc1C(O)c1ccccc1. The number of aliphatic hydroxyl groups is 1. The van der Waals surface area contributed by atoms with Crippen LogP contribution >= 0.6 is 0 Å². The first-order valence-electron chi connectivity index (χ1n) is 7.33. The number of carbonyl (C=O) groups is 1. The van der Waals surface area contributed by atoms with Crippen LogP contribution < -0.4 is 0 Å². The minimum Gasteiger partial charge on any atom is -0.478 e. The van der Waals surface area contributed by atoms with Crippen molar-refractivity contribution < 1.29 is 15.0 Å². The number of carboxylic acids is 1. The van der Waals surface area contributed by atoms with Crippen molar-refractivity contribution in [3.63, 3.8) is 0 Å². The van der Waals surface area contributed by atoms with Crippen molar-refractivity contribution in [2.75, 3.05) is 0 Å². The van der Waals surface area contributed by atoms with Crippen molar-refractivity contribution >= 4 is 5.97 Å². The van der Waals surface area contributed by atoms with E-state index in [0.717, 1.165) is 5.56 Å². The first-order valence-corrected chi connectivity index (χ1v) is 7.33. The van der Waals surface area contributed by atoms with Crippen LogP contribution in [0, 0.1) is 0 Å². The van der Waals surface area contributed by atoms with Crippen molar-refractivity contribution in [1.82, 2.24) is 0 Å². The summed E-state index contributed by atoms with van der Waals surface area (Å²) in [7, 11) is 0. The second-order valence-corrected chi connectivity index (χ2v) is 5.25. The van der Waals surface area contributed by atoms with E-state index in [1.807, 2.05) is 48.5 Å². The predicted molar refractivity (Wildman–Crippen MR) is 89.3 cm³/mol. The minimum absolute atomic E-state index is 0.134. The molecule has 0 fully saturated rings. The zero-order valence-corrected chi connectivity index (χ0v) is 12.4.